The third-order valence-corrected chi connectivity index (χ3v) is 1.98. The molecule has 0 unspecified atom stereocenters. The predicted molar refractivity (Wildman–Crippen MR) is 46.2 cm³/mol. The van der Waals surface area contributed by atoms with E-state index >= 15 is 0 Å². The fraction of sp³-hybridized carbons (Fsp3) is 0.571. The van der Waals surface area contributed by atoms with Crippen molar-refractivity contribution >= 4 is 11.6 Å². The minimum absolute atomic E-state index is 0.402. The molecule has 0 aliphatic heterocycles. The van der Waals surface area contributed by atoms with Gasteiger partial charge in [-0.15, -0.1) is 0 Å². The molecule has 68 valence electrons. The summed E-state index contributed by atoms with van der Waals surface area (Å²) in [6.07, 6.45) is 1.67. The molecule has 0 saturated carbocycles. The number of rotatable bonds is 3. The van der Waals surface area contributed by atoms with Gasteiger partial charge in [-0.1, -0.05) is 11.6 Å². The van der Waals surface area contributed by atoms with Crippen LogP contribution >= 0.6 is 11.6 Å². The zero-order chi connectivity index (χ0) is 9.14. The van der Waals surface area contributed by atoms with Crippen molar-refractivity contribution in [2.45, 2.75) is 20.0 Å². The largest absolute Gasteiger partial charge is 0.314 e. The van der Waals surface area contributed by atoms with Crippen LogP contribution in [0.2, 0.25) is 5.15 Å². The predicted octanol–water partition coefficient (Wildman–Crippen LogP) is 1.38. The lowest BCUT2D eigenvalue weighted by Gasteiger charge is -2.05. The Bertz CT molecular complexity index is 259. The molecule has 1 heterocycles. The minimum Gasteiger partial charge on any atom is -0.314 e. The molecule has 1 aromatic rings. The van der Waals surface area contributed by atoms with E-state index in [0.29, 0.717) is 11.7 Å². The van der Waals surface area contributed by atoms with E-state index in [1.165, 1.54) is 0 Å². The van der Waals surface area contributed by atoms with E-state index in [0.717, 1.165) is 17.2 Å². The first-order chi connectivity index (χ1) is 5.65. The number of aromatic nitrogens is 2. The summed E-state index contributed by atoms with van der Waals surface area (Å²) in [5.74, 6) is 0. The van der Waals surface area contributed by atoms with Crippen LogP contribution in [0.1, 0.15) is 12.5 Å². The minimum atomic E-state index is 0.402. The second kappa shape index (κ2) is 3.89. The van der Waals surface area contributed by atoms with Gasteiger partial charge in [0.15, 0.2) is 0 Å². The van der Waals surface area contributed by atoms with Crippen molar-refractivity contribution in [3.8, 4) is 0 Å². The van der Waals surface area contributed by atoms with Gasteiger partial charge in [-0.25, -0.2) is 0 Å². The van der Waals surface area contributed by atoms with Crippen molar-refractivity contribution in [3.63, 3.8) is 0 Å². The Balaban J connectivity index is 2.80. The summed E-state index contributed by atoms with van der Waals surface area (Å²) in [5, 5.41) is 14.7. The summed E-state index contributed by atoms with van der Waals surface area (Å²) in [6.45, 7) is 3.11. The third-order valence-electron chi connectivity index (χ3n) is 1.54. The molecule has 0 saturated heterocycles. The van der Waals surface area contributed by atoms with Gasteiger partial charge in [0.05, 0.1) is 12.7 Å². The van der Waals surface area contributed by atoms with E-state index in [1.54, 1.807) is 17.9 Å². The lowest BCUT2D eigenvalue weighted by atomic mass is 10.3. The molecular formula is C7H12ClN3O. The first kappa shape index (κ1) is 9.51. The number of aryl methyl sites for hydroxylation is 1. The molecule has 4 nitrogen and oxygen atoms in total. The number of hydrogen-bond acceptors (Lipinski definition) is 3. The maximum absolute atomic E-state index is 8.95. The van der Waals surface area contributed by atoms with Gasteiger partial charge in [-0.05, 0) is 6.92 Å². The van der Waals surface area contributed by atoms with E-state index in [4.69, 9.17) is 16.8 Å². The topological polar surface area (TPSA) is 41.3 Å². The van der Waals surface area contributed by atoms with Crippen molar-refractivity contribution in [3.05, 3.63) is 16.9 Å². The van der Waals surface area contributed by atoms with Crippen molar-refractivity contribution in [2.24, 2.45) is 0 Å². The summed E-state index contributed by atoms with van der Waals surface area (Å²) >= 11 is 5.93. The summed E-state index contributed by atoms with van der Waals surface area (Å²) < 4.78 is 1.68. The van der Waals surface area contributed by atoms with Crippen LogP contribution in [0.15, 0.2) is 6.20 Å². The molecule has 5 heteroatoms. The Morgan fingerprint density at radius 3 is 2.83 bits per heavy atom. The van der Waals surface area contributed by atoms with Crippen molar-refractivity contribution in [1.82, 2.24) is 14.8 Å². The summed E-state index contributed by atoms with van der Waals surface area (Å²) in [4.78, 5) is 0. The molecule has 1 N–H and O–H groups in total. The Hall–Kier alpha value is -0.580. The average Bonchev–Trinajstić information content (AvgIpc) is 2.32. The van der Waals surface area contributed by atoms with Crippen LogP contribution in [0, 0.1) is 0 Å². The molecule has 0 aliphatic carbocycles. The number of hydrogen-bond donors (Lipinski definition) is 1. The highest BCUT2D eigenvalue weighted by molar-refractivity contribution is 6.30. The van der Waals surface area contributed by atoms with Crippen LogP contribution in [-0.4, -0.2) is 27.1 Å². The van der Waals surface area contributed by atoms with Crippen LogP contribution in [-0.2, 0) is 13.1 Å². The van der Waals surface area contributed by atoms with Gasteiger partial charge in [0.1, 0.15) is 5.15 Å². The highest BCUT2D eigenvalue weighted by Gasteiger charge is 2.07. The van der Waals surface area contributed by atoms with E-state index in [9.17, 15) is 0 Å². The van der Waals surface area contributed by atoms with E-state index in [2.05, 4.69) is 5.10 Å². The van der Waals surface area contributed by atoms with E-state index in [1.807, 2.05) is 6.92 Å². The number of nitrogens with zero attached hydrogens (tertiary/aromatic N) is 3. The Labute approximate surface area is 76.3 Å². The number of halogens is 1. The molecule has 0 atom stereocenters. The summed E-state index contributed by atoms with van der Waals surface area (Å²) in [5.41, 5.74) is 0.837. The van der Waals surface area contributed by atoms with Gasteiger partial charge >= 0.3 is 0 Å². The van der Waals surface area contributed by atoms with Crippen molar-refractivity contribution < 1.29 is 5.21 Å². The molecule has 0 aromatic carbocycles. The van der Waals surface area contributed by atoms with E-state index < -0.39 is 0 Å². The fourth-order valence-electron chi connectivity index (χ4n) is 0.982. The molecule has 0 amide bonds. The third kappa shape index (κ3) is 1.97. The van der Waals surface area contributed by atoms with Crippen LogP contribution in [0.4, 0.5) is 0 Å². The SMILES string of the molecule is CCn1ncc(CN(C)O)c1Cl. The molecule has 1 rings (SSSR count). The van der Waals surface area contributed by atoms with Gasteiger partial charge < -0.3 is 5.21 Å². The second-order valence-electron chi connectivity index (χ2n) is 2.59. The summed E-state index contributed by atoms with van der Waals surface area (Å²) in [6, 6.07) is 0. The molecular weight excluding hydrogens is 178 g/mol. The lowest BCUT2D eigenvalue weighted by molar-refractivity contribution is -0.0731. The highest BCUT2D eigenvalue weighted by Crippen LogP contribution is 2.15. The zero-order valence-corrected chi connectivity index (χ0v) is 7.91. The van der Waals surface area contributed by atoms with Gasteiger partial charge in [0.2, 0.25) is 0 Å². The van der Waals surface area contributed by atoms with Crippen molar-refractivity contribution in [1.29, 1.82) is 0 Å². The van der Waals surface area contributed by atoms with Gasteiger partial charge in [0, 0.05) is 19.2 Å². The normalized spacial score (nSPS) is 11.1. The maximum atomic E-state index is 8.95. The standard InChI is InChI=1S/C7H12ClN3O/c1-3-11-7(8)6(4-9-11)5-10(2)12/h4,12H,3,5H2,1-2H3. The highest BCUT2D eigenvalue weighted by atomic mass is 35.5. The first-order valence-corrected chi connectivity index (χ1v) is 4.13. The molecule has 0 bridgehead atoms. The fourth-order valence-corrected chi connectivity index (χ4v) is 1.25. The second-order valence-corrected chi connectivity index (χ2v) is 2.95. The number of hydroxylamine groups is 2. The molecule has 0 spiro atoms. The monoisotopic (exact) mass is 189 g/mol. The zero-order valence-electron chi connectivity index (χ0n) is 7.16. The average molecular weight is 190 g/mol. The Morgan fingerprint density at radius 2 is 2.42 bits per heavy atom. The summed E-state index contributed by atoms with van der Waals surface area (Å²) in [7, 11) is 1.57. The van der Waals surface area contributed by atoms with Gasteiger partial charge in [-0.2, -0.15) is 10.2 Å². The molecule has 0 radical (unpaired) electrons. The van der Waals surface area contributed by atoms with Gasteiger partial charge in [0.25, 0.3) is 0 Å². The van der Waals surface area contributed by atoms with Crippen LogP contribution in [0.3, 0.4) is 0 Å². The molecule has 12 heavy (non-hydrogen) atoms. The molecule has 0 fully saturated rings. The Kier molecular flexibility index (Phi) is 3.08. The van der Waals surface area contributed by atoms with Crippen LogP contribution in [0.25, 0.3) is 0 Å². The van der Waals surface area contributed by atoms with E-state index in [-0.39, 0.29) is 0 Å². The quantitative estimate of drug-likeness (QED) is 0.731. The first-order valence-electron chi connectivity index (χ1n) is 3.75. The lowest BCUT2D eigenvalue weighted by Crippen LogP contribution is -2.11. The maximum Gasteiger partial charge on any atom is 0.131 e. The van der Waals surface area contributed by atoms with Gasteiger partial charge in [-0.3, -0.25) is 4.68 Å². The molecule has 0 aliphatic rings. The van der Waals surface area contributed by atoms with Crippen LogP contribution in [0.5, 0.6) is 0 Å². The Morgan fingerprint density at radius 1 is 1.75 bits per heavy atom. The van der Waals surface area contributed by atoms with Crippen LogP contribution < -0.4 is 0 Å². The van der Waals surface area contributed by atoms with Crippen molar-refractivity contribution in [2.75, 3.05) is 7.05 Å². The molecule has 1 aromatic heterocycles. The smallest absolute Gasteiger partial charge is 0.131 e.